The van der Waals surface area contributed by atoms with Crippen molar-refractivity contribution in [1.82, 2.24) is 15.2 Å². The SMILES string of the molecule is CN=C(NCc1cccc2c1OCO2)N1CCC(Oc2ccccn2)C1. The number of aromatic nitrogens is 1. The third kappa shape index (κ3) is 3.51. The van der Waals surface area contributed by atoms with Crippen LogP contribution >= 0.6 is 0 Å². The number of nitrogens with zero attached hydrogens (tertiary/aromatic N) is 3. The quantitative estimate of drug-likeness (QED) is 0.669. The van der Waals surface area contributed by atoms with Gasteiger partial charge in [0.25, 0.3) is 0 Å². The molecule has 4 rings (SSSR count). The highest BCUT2D eigenvalue weighted by atomic mass is 16.7. The molecule has 1 aromatic heterocycles. The molecule has 0 spiro atoms. The van der Waals surface area contributed by atoms with Gasteiger partial charge in [-0.15, -0.1) is 0 Å². The number of ether oxygens (including phenoxy) is 3. The number of likely N-dealkylation sites (tertiary alicyclic amines) is 1. The van der Waals surface area contributed by atoms with E-state index in [0.717, 1.165) is 42.5 Å². The van der Waals surface area contributed by atoms with Crippen molar-refractivity contribution in [2.75, 3.05) is 26.9 Å². The number of nitrogens with one attached hydrogen (secondary N) is 1. The highest BCUT2D eigenvalue weighted by molar-refractivity contribution is 5.80. The zero-order valence-corrected chi connectivity index (χ0v) is 14.7. The standard InChI is InChI=1S/C19H22N4O3/c1-20-19(22-11-14-5-4-6-16-18(14)25-13-24-16)23-10-8-15(12-23)26-17-7-2-3-9-21-17/h2-7,9,15H,8,10-13H2,1H3,(H,20,22). The van der Waals surface area contributed by atoms with Crippen LogP contribution in [0.4, 0.5) is 0 Å². The van der Waals surface area contributed by atoms with E-state index >= 15 is 0 Å². The lowest BCUT2D eigenvalue weighted by Crippen LogP contribution is -2.40. The first-order chi connectivity index (χ1) is 12.8. The Morgan fingerprint density at radius 3 is 3.12 bits per heavy atom. The lowest BCUT2D eigenvalue weighted by atomic mass is 10.2. The molecule has 1 aromatic carbocycles. The van der Waals surface area contributed by atoms with Gasteiger partial charge in [-0.2, -0.15) is 0 Å². The van der Waals surface area contributed by atoms with Gasteiger partial charge in [0.1, 0.15) is 6.10 Å². The molecule has 1 saturated heterocycles. The zero-order valence-electron chi connectivity index (χ0n) is 14.7. The molecule has 1 atom stereocenters. The van der Waals surface area contributed by atoms with Gasteiger partial charge in [0.05, 0.1) is 6.54 Å². The van der Waals surface area contributed by atoms with E-state index in [4.69, 9.17) is 14.2 Å². The van der Waals surface area contributed by atoms with Crippen LogP contribution in [0.2, 0.25) is 0 Å². The number of hydrogen-bond acceptors (Lipinski definition) is 5. The molecule has 2 aliphatic rings. The van der Waals surface area contributed by atoms with Crippen LogP contribution in [0.5, 0.6) is 17.4 Å². The lowest BCUT2D eigenvalue weighted by molar-refractivity contribution is 0.173. The van der Waals surface area contributed by atoms with Crippen molar-refractivity contribution in [2.24, 2.45) is 4.99 Å². The van der Waals surface area contributed by atoms with E-state index in [1.54, 1.807) is 13.2 Å². The summed E-state index contributed by atoms with van der Waals surface area (Å²) in [5.41, 5.74) is 1.06. The summed E-state index contributed by atoms with van der Waals surface area (Å²) in [4.78, 5) is 10.8. The van der Waals surface area contributed by atoms with Gasteiger partial charge in [-0.05, 0) is 12.1 Å². The maximum absolute atomic E-state index is 5.95. The third-order valence-corrected chi connectivity index (χ3v) is 4.50. The van der Waals surface area contributed by atoms with Crippen molar-refractivity contribution in [3.8, 4) is 17.4 Å². The first-order valence-corrected chi connectivity index (χ1v) is 8.74. The number of rotatable bonds is 4. The number of guanidine groups is 1. The lowest BCUT2D eigenvalue weighted by Gasteiger charge is -2.22. The van der Waals surface area contributed by atoms with Crippen LogP contribution in [0, 0.1) is 0 Å². The van der Waals surface area contributed by atoms with E-state index in [-0.39, 0.29) is 12.9 Å². The normalized spacial score (nSPS) is 18.9. The summed E-state index contributed by atoms with van der Waals surface area (Å²) in [5, 5.41) is 3.41. The molecule has 0 amide bonds. The Morgan fingerprint density at radius 1 is 1.31 bits per heavy atom. The van der Waals surface area contributed by atoms with Crippen LogP contribution < -0.4 is 19.5 Å². The summed E-state index contributed by atoms with van der Waals surface area (Å²) in [7, 11) is 1.80. The predicted molar refractivity (Wildman–Crippen MR) is 97.6 cm³/mol. The maximum Gasteiger partial charge on any atom is 0.231 e. The molecule has 7 nitrogen and oxygen atoms in total. The second-order valence-electron chi connectivity index (χ2n) is 6.19. The molecule has 2 aromatic rings. The Hall–Kier alpha value is -2.96. The molecular weight excluding hydrogens is 332 g/mol. The van der Waals surface area contributed by atoms with E-state index in [1.165, 1.54) is 0 Å². The van der Waals surface area contributed by atoms with Crippen LogP contribution in [0.25, 0.3) is 0 Å². The number of hydrogen-bond donors (Lipinski definition) is 1. The smallest absolute Gasteiger partial charge is 0.231 e. The molecule has 0 radical (unpaired) electrons. The Balaban J connectivity index is 1.34. The van der Waals surface area contributed by atoms with Crippen LogP contribution in [0.15, 0.2) is 47.6 Å². The molecule has 1 N–H and O–H groups in total. The van der Waals surface area contributed by atoms with Gasteiger partial charge >= 0.3 is 0 Å². The minimum absolute atomic E-state index is 0.112. The summed E-state index contributed by atoms with van der Waals surface area (Å²) in [5.74, 6) is 3.13. The Morgan fingerprint density at radius 2 is 2.27 bits per heavy atom. The van der Waals surface area contributed by atoms with Gasteiger partial charge in [0.2, 0.25) is 12.7 Å². The molecule has 0 saturated carbocycles. The summed E-state index contributed by atoms with van der Waals surface area (Å²) >= 11 is 0. The molecule has 0 bridgehead atoms. The van der Waals surface area contributed by atoms with Crippen molar-refractivity contribution < 1.29 is 14.2 Å². The minimum atomic E-state index is 0.112. The predicted octanol–water partition coefficient (Wildman–Crippen LogP) is 2.04. The van der Waals surface area contributed by atoms with Crippen LogP contribution in [-0.2, 0) is 6.54 Å². The topological polar surface area (TPSA) is 68.2 Å². The van der Waals surface area contributed by atoms with Gasteiger partial charge in [-0.25, -0.2) is 4.98 Å². The molecule has 26 heavy (non-hydrogen) atoms. The Kier molecular flexibility index (Phi) is 4.77. The molecule has 136 valence electrons. The summed E-state index contributed by atoms with van der Waals surface area (Å²) in [6, 6.07) is 11.6. The average molecular weight is 354 g/mol. The fraction of sp³-hybridized carbons (Fsp3) is 0.368. The van der Waals surface area contributed by atoms with Crippen molar-refractivity contribution in [3.05, 3.63) is 48.2 Å². The van der Waals surface area contributed by atoms with E-state index in [1.807, 2.05) is 36.4 Å². The number of para-hydroxylation sites is 1. The summed E-state index contributed by atoms with van der Waals surface area (Å²) in [6.07, 6.45) is 2.79. The summed E-state index contributed by atoms with van der Waals surface area (Å²) < 4.78 is 16.9. The highest BCUT2D eigenvalue weighted by Crippen LogP contribution is 2.35. The minimum Gasteiger partial charge on any atom is -0.472 e. The van der Waals surface area contributed by atoms with Crippen molar-refractivity contribution in [1.29, 1.82) is 0 Å². The first-order valence-electron chi connectivity index (χ1n) is 8.74. The Bertz CT molecular complexity index is 782. The van der Waals surface area contributed by atoms with Crippen molar-refractivity contribution in [2.45, 2.75) is 19.1 Å². The first kappa shape index (κ1) is 16.5. The second kappa shape index (κ2) is 7.51. The van der Waals surface area contributed by atoms with Gasteiger partial charge in [0, 0.05) is 44.4 Å². The monoisotopic (exact) mass is 354 g/mol. The summed E-state index contributed by atoms with van der Waals surface area (Å²) in [6.45, 7) is 2.58. The highest BCUT2D eigenvalue weighted by Gasteiger charge is 2.27. The number of pyridine rings is 1. The number of benzene rings is 1. The molecule has 3 heterocycles. The van der Waals surface area contributed by atoms with Gasteiger partial charge < -0.3 is 24.4 Å². The van der Waals surface area contributed by atoms with Crippen LogP contribution in [0.1, 0.15) is 12.0 Å². The van der Waals surface area contributed by atoms with Gasteiger partial charge in [-0.3, -0.25) is 4.99 Å². The Labute approximate surface area is 152 Å². The second-order valence-corrected chi connectivity index (χ2v) is 6.19. The fourth-order valence-corrected chi connectivity index (χ4v) is 3.24. The molecule has 0 aliphatic carbocycles. The number of aliphatic imine (C=N–C) groups is 1. The molecular formula is C19H22N4O3. The third-order valence-electron chi connectivity index (χ3n) is 4.50. The van der Waals surface area contributed by atoms with E-state index < -0.39 is 0 Å². The number of fused-ring (bicyclic) bond motifs is 1. The molecule has 1 unspecified atom stereocenters. The average Bonchev–Trinajstić information content (AvgIpc) is 3.33. The molecule has 1 fully saturated rings. The zero-order chi connectivity index (χ0) is 17.8. The fourth-order valence-electron chi connectivity index (χ4n) is 3.24. The molecule has 7 heteroatoms. The van der Waals surface area contributed by atoms with Crippen LogP contribution in [-0.4, -0.2) is 48.9 Å². The van der Waals surface area contributed by atoms with Crippen molar-refractivity contribution in [3.63, 3.8) is 0 Å². The van der Waals surface area contributed by atoms with E-state index in [9.17, 15) is 0 Å². The van der Waals surface area contributed by atoms with Crippen molar-refractivity contribution >= 4 is 5.96 Å². The largest absolute Gasteiger partial charge is 0.472 e. The van der Waals surface area contributed by atoms with Gasteiger partial charge in [0.15, 0.2) is 17.5 Å². The van der Waals surface area contributed by atoms with E-state index in [2.05, 4.69) is 20.2 Å². The van der Waals surface area contributed by atoms with Crippen LogP contribution in [0.3, 0.4) is 0 Å². The molecule has 2 aliphatic heterocycles. The van der Waals surface area contributed by atoms with Gasteiger partial charge in [-0.1, -0.05) is 18.2 Å². The maximum atomic E-state index is 5.95. The van der Waals surface area contributed by atoms with E-state index in [0.29, 0.717) is 12.4 Å².